The van der Waals surface area contributed by atoms with E-state index in [1.54, 1.807) is 5.01 Å². The third-order valence-corrected chi connectivity index (χ3v) is 7.55. The van der Waals surface area contributed by atoms with Crippen LogP contribution in [0.25, 0.3) is 0 Å². The number of aliphatic imine (C=N–C) groups is 1. The molecule has 3 aliphatic heterocycles. The standard InChI is InChI=1S/C32H34N4O5/c33-31-26-16-17-28(36(26)35-22-34-31)32(37)30(40-20-25-14-8-3-9-15-25)29(39-19-24-12-6-2-7-13-24)27(41-32)21-38-18-23-10-4-1-5-11-23/h1-16,22,27-30,37H,17-21H2,(H2,33,34,35)/t27-,28?,29-,30-,32+/m1/s1. The maximum absolute atomic E-state index is 12.4. The van der Waals surface area contributed by atoms with E-state index < -0.39 is 30.1 Å². The molecule has 3 aromatic carbocycles. The number of rotatable bonds is 11. The molecule has 6 rings (SSSR count). The summed E-state index contributed by atoms with van der Waals surface area (Å²) in [6, 6.07) is 29.1. The molecule has 3 aromatic rings. The Labute approximate surface area is 239 Å². The van der Waals surface area contributed by atoms with Crippen LogP contribution in [-0.2, 0) is 38.8 Å². The summed E-state index contributed by atoms with van der Waals surface area (Å²) in [7, 11) is 0. The van der Waals surface area contributed by atoms with Crippen molar-refractivity contribution < 1.29 is 24.1 Å². The third kappa shape index (κ3) is 5.95. The zero-order valence-corrected chi connectivity index (χ0v) is 22.7. The molecule has 0 amide bonds. The summed E-state index contributed by atoms with van der Waals surface area (Å²) >= 11 is 0. The molecule has 1 saturated heterocycles. The summed E-state index contributed by atoms with van der Waals surface area (Å²) < 4.78 is 25.6. The van der Waals surface area contributed by atoms with E-state index in [9.17, 15) is 5.11 Å². The van der Waals surface area contributed by atoms with Gasteiger partial charge in [-0.3, -0.25) is 5.01 Å². The van der Waals surface area contributed by atoms with E-state index in [1.165, 1.54) is 6.34 Å². The fraction of sp³-hybridized carbons (Fsp3) is 0.312. The highest BCUT2D eigenvalue weighted by molar-refractivity contribution is 6.02. The monoisotopic (exact) mass is 554 g/mol. The van der Waals surface area contributed by atoms with Gasteiger partial charge in [0, 0.05) is 0 Å². The van der Waals surface area contributed by atoms with Crippen molar-refractivity contribution in [2.24, 2.45) is 15.8 Å². The molecule has 0 bridgehead atoms. The predicted molar refractivity (Wildman–Crippen MR) is 154 cm³/mol. The number of hydrogen-bond acceptors (Lipinski definition) is 9. The van der Waals surface area contributed by atoms with Gasteiger partial charge >= 0.3 is 0 Å². The van der Waals surface area contributed by atoms with Crippen molar-refractivity contribution in [2.75, 3.05) is 6.61 Å². The molecule has 1 unspecified atom stereocenters. The summed E-state index contributed by atoms with van der Waals surface area (Å²) in [6.07, 6.45) is 1.63. The molecular weight excluding hydrogens is 520 g/mol. The van der Waals surface area contributed by atoms with Gasteiger partial charge in [-0.2, -0.15) is 5.10 Å². The first kappa shape index (κ1) is 27.3. The van der Waals surface area contributed by atoms with E-state index in [-0.39, 0.29) is 13.2 Å². The van der Waals surface area contributed by atoms with Crippen molar-refractivity contribution in [3.05, 3.63) is 119 Å². The zero-order valence-electron chi connectivity index (χ0n) is 22.7. The number of hydrogen-bond donors (Lipinski definition) is 2. The van der Waals surface area contributed by atoms with Gasteiger partial charge in [0.2, 0.25) is 5.79 Å². The minimum absolute atomic E-state index is 0.196. The van der Waals surface area contributed by atoms with Crippen LogP contribution in [0.4, 0.5) is 0 Å². The van der Waals surface area contributed by atoms with Crippen LogP contribution in [0.3, 0.4) is 0 Å². The molecule has 5 atom stereocenters. The summed E-state index contributed by atoms with van der Waals surface area (Å²) in [4.78, 5) is 4.11. The Kier molecular flexibility index (Phi) is 8.22. The van der Waals surface area contributed by atoms with Crippen LogP contribution in [0.1, 0.15) is 23.1 Å². The number of benzene rings is 3. The second-order valence-corrected chi connectivity index (χ2v) is 10.3. The highest BCUT2D eigenvalue weighted by atomic mass is 16.7. The molecule has 9 nitrogen and oxygen atoms in total. The number of fused-ring (bicyclic) bond motifs is 1. The molecular formula is C32H34N4O5. The van der Waals surface area contributed by atoms with Gasteiger partial charge in [0.05, 0.1) is 32.1 Å². The molecule has 0 radical (unpaired) electrons. The quantitative estimate of drug-likeness (QED) is 0.372. The smallest absolute Gasteiger partial charge is 0.219 e. The molecule has 3 aliphatic rings. The summed E-state index contributed by atoms with van der Waals surface area (Å²) in [6.45, 7) is 1.18. The maximum atomic E-state index is 12.4. The van der Waals surface area contributed by atoms with Gasteiger partial charge in [-0.05, 0) is 23.1 Å². The number of ether oxygens (including phenoxy) is 4. The van der Waals surface area contributed by atoms with Crippen LogP contribution in [0.2, 0.25) is 0 Å². The molecule has 0 aliphatic carbocycles. The Morgan fingerprint density at radius 2 is 1.44 bits per heavy atom. The van der Waals surface area contributed by atoms with Crippen LogP contribution in [-0.4, -0.2) is 59.0 Å². The Morgan fingerprint density at radius 3 is 2.07 bits per heavy atom. The molecule has 0 aromatic heterocycles. The minimum atomic E-state index is -1.79. The summed E-state index contributed by atoms with van der Waals surface area (Å²) in [5, 5.41) is 18.5. The summed E-state index contributed by atoms with van der Waals surface area (Å²) in [5.74, 6) is -1.45. The first-order valence-electron chi connectivity index (χ1n) is 13.8. The van der Waals surface area contributed by atoms with Crippen molar-refractivity contribution in [2.45, 2.75) is 56.4 Å². The molecule has 3 heterocycles. The van der Waals surface area contributed by atoms with Crippen LogP contribution < -0.4 is 5.73 Å². The molecule has 212 valence electrons. The number of amidine groups is 1. The average Bonchev–Trinajstić information content (AvgIpc) is 3.57. The largest absolute Gasteiger partial charge is 0.382 e. The van der Waals surface area contributed by atoms with E-state index in [0.717, 1.165) is 16.7 Å². The van der Waals surface area contributed by atoms with Gasteiger partial charge in [0.15, 0.2) is 5.84 Å². The number of hydrazone groups is 1. The van der Waals surface area contributed by atoms with Gasteiger partial charge < -0.3 is 29.8 Å². The molecule has 3 N–H and O–H groups in total. The fourth-order valence-electron chi connectivity index (χ4n) is 5.51. The number of nitrogens with two attached hydrogens (primary N) is 1. The second-order valence-electron chi connectivity index (χ2n) is 10.3. The van der Waals surface area contributed by atoms with Gasteiger partial charge in [-0.25, -0.2) is 4.99 Å². The zero-order chi connectivity index (χ0) is 28.1. The van der Waals surface area contributed by atoms with E-state index >= 15 is 0 Å². The lowest BCUT2D eigenvalue weighted by molar-refractivity contribution is -0.269. The predicted octanol–water partition coefficient (Wildman–Crippen LogP) is 3.73. The van der Waals surface area contributed by atoms with Crippen molar-refractivity contribution in [3.63, 3.8) is 0 Å². The van der Waals surface area contributed by atoms with E-state index in [1.807, 2.05) is 97.1 Å². The van der Waals surface area contributed by atoms with Crippen LogP contribution in [0.5, 0.6) is 0 Å². The van der Waals surface area contributed by atoms with Crippen LogP contribution in [0, 0.1) is 0 Å². The Morgan fingerprint density at radius 1 is 0.854 bits per heavy atom. The Balaban J connectivity index is 1.28. The summed E-state index contributed by atoms with van der Waals surface area (Å²) in [5.41, 5.74) is 9.79. The van der Waals surface area contributed by atoms with Gasteiger partial charge in [-0.15, -0.1) is 0 Å². The third-order valence-electron chi connectivity index (χ3n) is 7.55. The van der Waals surface area contributed by atoms with Gasteiger partial charge in [0.25, 0.3) is 0 Å². The highest BCUT2D eigenvalue weighted by Crippen LogP contribution is 2.43. The van der Waals surface area contributed by atoms with Crippen LogP contribution in [0.15, 0.2) is 113 Å². The van der Waals surface area contributed by atoms with E-state index in [2.05, 4.69) is 10.1 Å². The molecule has 0 spiro atoms. The lowest BCUT2D eigenvalue weighted by atomic mass is 9.96. The minimum Gasteiger partial charge on any atom is -0.382 e. The SMILES string of the molecule is NC1=NC=NN2C1=CCC2[C@]1(O)O[C@H](COCc2ccccc2)[C@@H](OCc2ccccc2)[C@H]1OCc1ccccc1. The van der Waals surface area contributed by atoms with Crippen molar-refractivity contribution in [3.8, 4) is 0 Å². The topological polar surface area (TPSA) is 111 Å². The molecule has 9 heteroatoms. The maximum Gasteiger partial charge on any atom is 0.219 e. The Hall–Kier alpha value is -3.86. The first-order chi connectivity index (χ1) is 20.1. The van der Waals surface area contributed by atoms with Crippen molar-refractivity contribution in [1.82, 2.24) is 5.01 Å². The van der Waals surface area contributed by atoms with Crippen molar-refractivity contribution in [1.29, 1.82) is 0 Å². The molecule has 1 fully saturated rings. The lowest BCUT2D eigenvalue weighted by Gasteiger charge is -2.39. The second kappa shape index (κ2) is 12.3. The molecule has 0 saturated carbocycles. The van der Waals surface area contributed by atoms with Gasteiger partial charge in [0.1, 0.15) is 30.7 Å². The van der Waals surface area contributed by atoms with E-state index in [4.69, 9.17) is 24.7 Å². The van der Waals surface area contributed by atoms with Gasteiger partial charge in [-0.1, -0.05) is 97.1 Å². The van der Waals surface area contributed by atoms with E-state index in [0.29, 0.717) is 31.2 Å². The first-order valence-corrected chi connectivity index (χ1v) is 13.8. The average molecular weight is 555 g/mol. The van der Waals surface area contributed by atoms with Crippen LogP contribution >= 0.6 is 0 Å². The lowest BCUT2D eigenvalue weighted by Crippen LogP contribution is -2.58. The Bertz CT molecular complexity index is 1380. The fourth-order valence-corrected chi connectivity index (χ4v) is 5.51. The van der Waals surface area contributed by atoms with Crippen molar-refractivity contribution >= 4 is 12.2 Å². The molecule has 41 heavy (non-hydrogen) atoms. The normalized spacial score (nSPS) is 27.0. The number of nitrogens with zero attached hydrogens (tertiary/aromatic N) is 3. The number of aliphatic hydroxyl groups is 1. The highest BCUT2D eigenvalue weighted by Gasteiger charge is 2.62.